The molecule has 21 heavy (non-hydrogen) atoms. The van der Waals surface area contributed by atoms with Gasteiger partial charge in [-0.25, -0.2) is 0 Å². The topological polar surface area (TPSA) is 51.4 Å². The summed E-state index contributed by atoms with van der Waals surface area (Å²) in [6.45, 7) is 7.21. The van der Waals surface area contributed by atoms with Gasteiger partial charge in [-0.3, -0.25) is 9.88 Å². The SMILES string of the molecule is CCCOC1CCCN(C(c2ccccn2)C(N)CC)C1. The zero-order chi connectivity index (χ0) is 15.1. The molecule has 0 aliphatic carbocycles. The molecule has 4 nitrogen and oxygen atoms in total. The third-order valence-electron chi connectivity index (χ3n) is 4.23. The van der Waals surface area contributed by atoms with Crippen LogP contribution in [0.2, 0.25) is 0 Å². The zero-order valence-corrected chi connectivity index (χ0v) is 13.4. The summed E-state index contributed by atoms with van der Waals surface area (Å²) in [5.41, 5.74) is 7.49. The Labute approximate surface area is 128 Å². The molecule has 4 heteroatoms. The number of rotatable bonds is 7. The fourth-order valence-corrected chi connectivity index (χ4v) is 3.09. The van der Waals surface area contributed by atoms with Gasteiger partial charge in [0.05, 0.1) is 17.8 Å². The quantitative estimate of drug-likeness (QED) is 0.839. The molecular weight excluding hydrogens is 262 g/mol. The van der Waals surface area contributed by atoms with Crippen molar-refractivity contribution in [2.24, 2.45) is 5.73 Å². The molecule has 2 N–H and O–H groups in total. The summed E-state index contributed by atoms with van der Waals surface area (Å²) in [7, 11) is 0. The highest BCUT2D eigenvalue weighted by Crippen LogP contribution is 2.27. The van der Waals surface area contributed by atoms with Crippen molar-refractivity contribution >= 4 is 0 Å². The molecule has 1 aromatic rings. The van der Waals surface area contributed by atoms with Crippen LogP contribution in [-0.2, 0) is 4.74 Å². The van der Waals surface area contributed by atoms with Crippen LogP contribution < -0.4 is 5.73 Å². The number of likely N-dealkylation sites (tertiary alicyclic amines) is 1. The lowest BCUT2D eigenvalue weighted by Gasteiger charge is -2.40. The minimum atomic E-state index is 0.116. The van der Waals surface area contributed by atoms with E-state index in [0.29, 0.717) is 6.10 Å². The molecule has 1 fully saturated rings. The molecular formula is C17H29N3O. The van der Waals surface area contributed by atoms with E-state index >= 15 is 0 Å². The van der Waals surface area contributed by atoms with Gasteiger partial charge in [-0.1, -0.05) is 19.9 Å². The van der Waals surface area contributed by atoms with Gasteiger partial charge >= 0.3 is 0 Å². The van der Waals surface area contributed by atoms with Crippen LogP contribution in [0.1, 0.15) is 51.3 Å². The number of nitrogens with zero attached hydrogens (tertiary/aromatic N) is 2. The van der Waals surface area contributed by atoms with E-state index in [1.807, 2.05) is 18.3 Å². The number of pyridine rings is 1. The van der Waals surface area contributed by atoms with Crippen molar-refractivity contribution in [3.8, 4) is 0 Å². The van der Waals surface area contributed by atoms with Crippen LogP contribution in [0.4, 0.5) is 0 Å². The Morgan fingerprint density at radius 2 is 2.29 bits per heavy atom. The average Bonchev–Trinajstić information content (AvgIpc) is 2.54. The van der Waals surface area contributed by atoms with Crippen molar-refractivity contribution < 1.29 is 4.74 Å². The largest absolute Gasteiger partial charge is 0.377 e. The van der Waals surface area contributed by atoms with Crippen molar-refractivity contribution in [2.45, 2.75) is 57.7 Å². The predicted octanol–water partition coefficient (Wildman–Crippen LogP) is 2.75. The maximum absolute atomic E-state index is 6.40. The van der Waals surface area contributed by atoms with Gasteiger partial charge in [-0.15, -0.1) is 0 Å². The highest BCUT2D eigenvalue weighted by molar-refractivity contribution is 5.12. The highest BCUT2D eigenvalue weighted by atomic mass is 16.5. The Morgan fingerprint density at radius 3 is 2.95 bits per heavy atom. The Kier molecular flexibility index (Phi) is 6.61. The van der Waals surface area contributed by atoms with Gasteiger partial charge in [0.25, 0.3) is 0 Å². The maximum atomic E-state index is 6.40. The Balaban J connectivity index is 2.09. The van der Waals surface area contributed by atoms with E-state index in [1.54, 1.807) is 0 Å². The highest BCUT2D eigenvalue weighted by Gasteiger charge is 2.31. The van der Waals surface area contributed by atoms with Gasteiger partial charge in [0.1, 0.15) is 0 Å². The molecule has 2 heterocycles. The van der Waals surface area contributed by atoms with Crippen LogP contribution in [-0.4, -0.2) is 41.7 Å². The third-order valence-corrected chi connectivity index (χ3v) is 4.23. The van der Waals surface area contributed by atoms with Crippen molar-refractivity contribution in [2.75, 3.05) is 19.7 Å². The molecule has 0 saturated carbocycles. The van der Waals surface area contributed by atoms with Gasteiger partial charge < -0.3 is 10.5 Å². The van der Waals surface area contributed by atoms with Crippen LogP contribution in [0.15, 0.2) is 24.4 Å². The van der Waals surface area contributed by atoms with Gasteiger partial charge in [0.15, 0.2) is 0 Å². The normalized spacial score (nSPS) is 22.9. The van der Waals surface area contributed by atoms with Crippen LogP contribution in [0.5, 0.6) is 0 Å². The lowest BCUT2D eigenvalue weighted by Crippen LogP contribution is -2.47. The number of hydrogen-bond acceptors (Lipinski definition) is 4. The summed E-state index contributed by atoms with van der Waals surface area (Å²) in [5, 5.41) is 0. The standard InChI is InChI=1S/C17H29N3O/c1-3-12-21-14-8-7-11-20(13-14)17(15(18)4-2)16-9-5-6-10-19-16/h5-6,9-10,14-15,17H,3-4,7-8,11-13,18H2,1-2H3. The molecule has 0 spiro atoms. The summed E-state index contributed by atoms with van der Waals surface area (Å²) in [5.74, 6) is 0. The smallest absolute Gasteiger partial charge is 0.0702 e. The second-order valence-corrected chi connectivity index (χ2v) is 5.90. The van der Waals surface area contributed by atoms with Crippen LogP contribution >= 0.6 is 0 Å². The van der Waals surface area contributed by atoms with Crippen LogP contribution in [0, 0.1) is 0 Å². The van der Waals surface area contributed by atoms with Crippen LogP contribution in [0.3, 0.4) is 0 Å². The summed E-state index contributed by atoms with van der Waals surface area (Å²) >= 11 is 0. The van der Waals surface area contributed by atoms with Gasteiger partial charge in [0.2, 0.25) is 0 Å². The maximum Gasteiger partial charge on any atom is 0.0702 e. The van der Waals surface area contributed by atoms with Gasteiger partial charge in [-0.05, 0) is 44.4 Å². The van der Waals surface area contributed by atoms with Crippen molar-refractivity contribution in [1.82, 2.24) is 9.88 Å². The molecule has 1 saturated heterocycles. The lowest BCUT2D eigenvalue weighted by molar-refractivity contribution is -0.0170. The molecule has 118 valence electrons. The molecule has 1 aliphatic rings. The minimum absolute atomic E-state index is 0.116. The van der Waals surface area contributed by atoms with Gasteiger partial charge in [-0.2, -0.15) is 0 Å². The first-order valence-corrected chi connectivity index (χ1v) is 8.28. The number of ether oxygens (including phenoxy) is 1. The van der Waals surface area contributed by atoms with Crippen molar-refractivity contribution in [3.63, 3.8) is 0 Å². The lowest BCUT2D eigenvalue weighted by atomic mass is 9.97. The minimum Gasteiger partial charge on any atom is -0.377 e. The van der Waals surface area contributed by atoms with Crippen molar-refractivity contribution in [1.29, 1.82) is 0 Å². The molecule has 1 aliphatic heterocycles. The first-order chi connectivity index (χ1) is 10.3. The van der Waals surface area contributed by atoms with Gasteiger partial charge in [0, 0.05) is 25.4 Å². The second kappa shape index (κ2) is 8.47. The fourth-order valence-electron chi connectivity index (χ4n) is 3.09. The summed E-state index contributed by atoms with van der Waals surface area (Å²) in [6, 6.07) is 6.42. The van der Waals surface area contributed by atoms with Crippen molar-refractivity contribution in [3.05, 3.63) is 30.1 Å². The number of hydrogen-bond donors (Lipinski definition) is 1. The second-order valence-electron chi connectivity index (χ2n) is 5.90. The molecule has 0 amide bonds. The Morgan fingerprint density at radius 1 is 1.43 bits per heavy atom. The van der Waals surface area contributed by atoms with E-state index in [9.17, 15) is 0 Å². The predicted molar refractivity (Wildman–Crippen MR) is 86.1 cm³/mol. The van der Waals surface area contributed by atoms with E-state index in [1.165, 1.54) is 6.42 Å². The number of nitrogens with two attached hydrogens (primary N) is 1. The Hall–Kier alpha value is -0.970. The molecule has 0 bridgehead atoms. The van der Waals surface area contributed by atoms with E-state index in [2.05, 4.69) is 29.8 Å². The summed E-state index contributed by atoms with van der Waals surface area (Å²) < 4.78 is 5.96. The number of aromatic nitrogens is 1. The summed E-state index contributed by atoms with van der Waals surface area (Å²) in [4.78, 5) is 7.02. The van der Waals surface area contributed by atoms with Crippen LogP contribution in [0.25, 0.3) is 0 Å². The summed E-state index contributed by atoms with van der Waals surface area (Å²) in [6.07, 6.45) is 6.57. The number of piperidine rings is 1. The fraction of sp³-hybridized carbons (Fsp3) is 0.706. The molecule has 2 rings (SSSR count). The van der Waals surface area contributed by atoms with E-state index in [4.69, 9.17) is 10.5 Å². The Bertz CT molecular complexity index is 398. The molecule has 0 radical (unpaired) electrons. The van der Waals surface area contributed by atoms with E-state index in [0.717, 1.165) is 44.7 Å². The monoisotopic (exact) mass is 291 g/mol. The first-order valence-electron chi connectivity index (χ1n) is 8.28. The molecule has 3 atom stereocenters. The first kappa shape index (κ1) is 16.4. The molecule has 0 aromatic carbocycles. The third kappa shape index (κ3) is 4.50. The molecule has 1 aromatic heterocycles. The van der Waals surface area contributed by atoms with E-state index in [-0.39, 0.29) is 12.1 Å². The zero-order valence-electron chi connectivity index (χ0n) is 13.4. The molecule has 3 unspecified atom stereocenters. The average molecular weight is 291 g/mol. The van der Waals surface area contributed by atoms with E-state index < -0.39 is 0 Å².